The van der Waals surface area contributed by atoms with E-state index in [1.807, 2.05) is 0 Å². The smallest absolute Gasteiger partial charge is 0.375 e. The van der Waals surface area contributed by atoms with Crippen LogP contribution in [-0.2, 0) is 0 Å². The van der Waals surface area contributed by atoms with E-state index in [4.69, 9.17) is 21.1 Å². The lowest BCUT2D eigenvalue weighted by Crippen LogP contribution is -2.08. The number of rotatable bonds is 1. The molecule has 0 radical (unpaired) electrons. The minimum absolute atomic E-state index is 0.0370. The molecule has 82 valence electrons. The molecule has 0 unspecified atom stereocenters. The van der Waals surface area contributed by atoms with E-state index in [9.17, 15) is 14.7 Å². The van der Waals surface area contributed by atoms with Crippen LogP contribution in [-0.4, -0.2) is 16.2 Å². The zero-order chi connectivity index (χ0) is 11.9. The second kappa shape index (κ2) is 3.53. The average Bonchev–Trinajstić information content (AvgIpc) is 2.23. The maximum atomic E-state index is 11.6. The van der Waals surface area contributed by atoms with Crippen LogP contribution in [0.25, 0.3) is 11.0 Å². The van der Waals surface area contributed by atoms with Crippen LogP contribution in [0.3, 0.4) is 0 Å². The van der Waals surface area contributed by atoms with Gasteiger partial charge in [-0.2, -0.15) is 0 Å². The van der Waals surface area contributed by atoms with Crippen molar-refractivity contribution >= 4 is 28.5 Å². The zero-order valence-corrected chi connectivity index (χ0v) is 8.49. The van der Waals surface area contributed by atoms with E-state index in [1.54, 1.807) is 0 Å². The van der Waals surface area contributed by atoms with Crippen molar-refractivity contribution in [3.8, 4) is 5.75 Å². The second-order valence-corrected chi connectivity index (χ2v) is 3.49. The Balaban J connectivity index is 2.94. The highest BCUT2D eigenvalue weighted by atomic mass is 35.5. The fourth-order valence-corrected chi connectivity index (χ4v) is 1.47. The molecule has 1 aromatic heterocycles. The summed E-state index contributed by atoms with van der Waals surface area (Å²) in [5, 5.41) is 18.3. The summed E-state index contributed by atoms with van der Waals surface area (Å²) >= 11 is 5.67. The number of hydrogen-bond donors (Lipinski definition) is 2. The molecule has 0 fully saturated rings. The van der Waals surface area contributed by atoms with Gasteiger partial charge < -0.3 is 14.6 Å². The third kappa shape index (κ3) is 1.51. The predicted molar refractivity (Wildman–Crippen MR) is 56.1 cm³/mol. The van der Waals surface area contributed by atoms with E-state index in [-0.39, 0.29) is 11.0 Å². The lowest BCUT2D eigenvalue weighted by atomic mass is 10.2. The van der Waals surface area contributed by atoms with E-state index in [1.165, 1.54) is 18.2 Å². The largest absolute Gasteiger partial charge is 0.501 e. The third-order valence-electron chi connectivity index (χ3n) is 2.02. The summed E-state index contributed by atoms with van der Waals surface area (Å²) in [5.74, 6) is -3.21. The van der Waals surface area contributed by atoms with Gasteiger partial charge in [0.1, 0.15) is 5.58 Å². The molecule has 0 bridgehead atoms. The summed E-state index contributed by atoms with van der Waals surface area (Å²) in [7, 11) is 0. The molecular weight excluding hydrogens is 236 g/mol. The summed E-state index contributed by atoms with van der Waals surface area (Å²) in [6.45, 7) is 0. The molecule has 0 atom stereocenters. The number of carboxylic acids is 1. The van der Waals surface area contributed by atoms with Gasteiger partial charge in [-0.05, 0) is 18.2 Å². The number of benzene rings is 1. The quantitative estimate of drug-likeness (QED) is 0.794. The van der Waals surface area contributed by atoms with Crippen LogP contribution in [0.1, 0.15) is 10.6 Å². The number of carboxylic acid groups (broad SMARTS) is 1. The average molecular weight is 241 g/mol. The fraction of sp³-hybridized carbons (Fsp3) is 0. The number of halogens is 1. The molecule has 2 aromatic rings. The molecule has 2 N–H and O–H groups in total. The van der Waals surface area contributed by atoms with Gasteiger partial charge in [0.05, 0.1) is 5.39 Å². The number of aromatic carboxylic acids is 1. The zero-order valence-electron chi connectivity index (χ0n) is 7.73. The van der Waals surface area contributed by atoms with Crippen LogP contribution in [0, 0.1) is 0 Å². The van der Waals surface area contributed by atoms with E-state index < -0.39 is 22.9 Å². The van der Waals surface area contributed by atoms with E-state index in [2.05, 4.69) is 0 Å². The normalized spacial score (nSPS) is 10.6. The molecule has 2 rings (SSSR count). The first-order valence-electron chi connectivity index (χ1n) is 4.19. The highest BCUT2D eigenvalue weighted by Crippen LogP contribution is 2.22. The van der Waals surface area contributed by atoms with Gasteiger partial charge >= 0.3 is 5.97 Å². The number of aromatic hydroxyl groups is 1. The summed E-state index contributed by atoms with van der Waals surface area (Å²) in [6, 6.07) is 4.12. The topological polar surface area (TPSA) is 87.7 Å². The Kier molecular flexibility index (Phi) is 2.32. The Morgan fingerprint density at radius 3 is 2.69 bits per heavy atom. The maximum absolute atomic E-state index is 11.6. The monoisotopic (exact) mass is 240 g/mol. The Labute approximate surface area is 93.5 Å². The molecule has 0 aliphatic rings. The molecule has 0 spiro atoms. The van der Waals surface area contributed by atoms with Gasteiger partial charge in [-0.1, -0.05) is 11.6 Å². The Hall–Kier alpha value is -2.01. The van der Waals surface area contributed by atoms with Crippen molar-refractivity contribution in [2.75, 3.05) is 0 Å². The SMILES string of the molecule is O=C(O)c1oc2ccc(Cl)cc2c(=O)c1O. The lowest BCUT2D eigenvalue weighted by molar-refractivity contribution is 0.0657. The van der Waals surface area contributed by atoms with Gasteiger partial charge in [-0.15, -0.1) is 0 Å². The lowest BCUT2D eigenvalue weighted by Gasteiger charge is -2.01. The number of fused-ring (bicyclic) bond motifs is 1. The van der Waals surface area contributed by atoms with Crippen LogP contribution in [0.2, 0.25) is 5.02 Å². The summed E-state index contributed by atoms with van der Waals surface area (Å²) in [6.07, 6.45) is 0. The standard InChI is InChI=1S/C10H5ClO5/c11-4-1-2-6-5(3-4)7(12)8(13)9(16-6)10(14)15/h1-3,13H,(H,14,15). The van der Waals surface area contributed by atoms with Crippen LogP contribution < -0.4 is 5.43 Å². The Morgan fingerprint density at radius 2 is 2.06 bits per heavy atom. The van der Waals surface area contributed by atoms with Crippen molar-refractivity contribution in [1.82, 2.24) is 0 Å². The van der Waals surface area contributed by atoms with Gasteiger partial charge in [-0.25, -0.2) is 4.79 Å². The number of carbonyl (C=O) groups is 1. The molecule has 0 aliphatic heterocycles. The molecule has 16 heavy (non-hydrogen) atoms. The highest BCUT2D eigenvalue weighted by Gasteiger charge is 2.19. The maximum Gasteiger partial charge on any atom is 0.375 e. The van der Waals surface area contributed by atoms with Crippen molar-refractivity contribution in [2.45, 2.75) is 0 Å². The van der Waals surface area contributed by atoms with Gasteiger partial charge in [-0.3, -0.25) is 4.79 Å². The molecule has 0 saturated carbocycles. The van der Waals surface area contributed by atoms with E-state index in [0.717, 1.165) is 0 Å². The van der Waals surface area contributed by atoms with Gasteiger partial charge in [0, 0.05) is 5.02 Å². The first-order valence-corrected chi connectivity index (χ1v) is 4.57. The molecule has 0 saturated heterocycles. The molecule has 0 amide bonds. The molecule has 1 heterocycles. The van der Waals surface area contributed by atoms with Crippen molar-refractivity contribution in [2.24, 2.45) is 0 Å². The van der Waals surface area contributed by atoms with Crippen LogP contribution >= 0.6 is 11.6 Å². The van der Waals surface area contributed by atoms with Crippen molar-refractivity contribution in [3.63, 3.8) is 0 Å². The molecule has 6 heteroatoms. The first kappa shape index (κ1) is 10.5. The Bertz CT molecular complexity index is 643. The van der Waals surface area contributed by atoms with Crippen molar-refractivity contribution in [3.05, 3.63) is 39.2 Å². The third-order valence-corrected chi connectivity index (χ3v) is 2.26. The molecular formula is C10H5ClO5. The highest BCUT2D eigenvalue weighted by molar-refractivity contribution is 6.31. The summed E-state index contributed by atoms with van der Waals surface area (Å²) in [5.41, 5.74) is -0.759. The minimum Gasteiger partial charge on any atom is -0.501 e. The molecule has 1 aromatic carbocycles. The van der Waals surface area contributed by atoms with Crippen LogP contribution in [0.15, 0.2) is 27.4 Å². The minimum atomic E-state index is -1.51. The predicted octanol–water partition coefficient (Wildman–Crippen LogP) is 1.85. The van der Waals surface area contributed by atoms with Gasteiger partial charge in [0.2, 0.25) is 11.2 Å². The van der Waals surface area contributed by atoms with Crippen LogP contribution in [0.5, 0.6) is 5.75 Å². The molecule has 0 aliphatic carbocycles. The summed E-state index contributed by atoms with van der Waals surface area (Å²) in [4.78, 5) is 22.2. The van der Waals surface area contributed by atoms with E-state index >= 15 is 0 Å². The fourth-order valence-electron chi connectivity index (χ4n) is 1.30. The van der Waals surface area contributed by atoms with Gasteiger partial charge in [0.15, 0.2) is 0 Å². The Morgan fingerprint density at radius 1 is 1.38 bits per heavy atom. The van der Waals surface area contributed by atoms with Crippen molar-refractivity contribution < 1.29 is 19.4 Å². The van der Waals surface area contributed by atoms with Crippen molar-refractivity contribution in [1.29, 1.82) is 0 Å². The first-order chi connectivity index (χ1) is 7.50. The van der Waals surface area contributed by atoms with E-state index in [0.29, 0.717) is 5.02 Å². The second-order valence-electron chi connectivity index (χ2n) is 3.05. The number of hydrogen-bond acceptors (Lipinski definition) is 4. The summed E-state index contributed by atoms with van der Waals surface area (Å²) < 4.78 is 4.88. The van der Waals surface area contributed by atoms with Crippen LogP contribution in [0.4, 0.5) is 0 Å². The van der Waals surface area contributed by atoms with Gasteiger partial charge in [0.25, 0.3) is 5.76 Å². The molecule has 5 nitrogen and oxygen atoms in total.